The molecule has 2 aromatic carbocycles. The van der Waals surface area contributed by atoms with E-state index in [1.807, 2.05) is 37.3 Å². The van der Waals surface area contributed by atoms with E-state index in [4.69, 9.17) is 11.2 Å². The van der Waals surface area contributed by atoms with Crippen molar-refractivity contribution in [1.82, 2.24) is 25.8 Å². The highest BCUT2D eigenvalue weighted by molar-refractivity contribution is 6.05. The van der Waals surface area contributed by atoms with Crippen LogP contribution in [0.15, 0.2) is 54.6 Å². The summed E-state index contributed by atoms with van der Waals surface area (Å²) in [6, 6.07) is 14.9. The van der Waals surface area contributed by atoms with Gasteiger partial charge in [0.1, 0.15) is 18.4 Å². The first-order valence-corrected chi connectivity index (χ1v) is 13.1. The van der Waals surface area contributed by atoms with Crippen molar-refractivity contribution in [2.24, 2.45) is 5.92 Å². The number of imide groups is 1. The fraction of sp³-hybridized carbons (Fsp3) is 0.333. The third kappa shape index (κ3) is 6.02. The van der Waals surface area contributed by atoms with E-state index in [1.54, 1.807) is 24.3 Å². The largest absolute Gasteiger partial charge is 0.489 e. The lowest BCUT2D eigenvalue weighted by Crippen LogP contribution is -2.56. The quantitative estimate of drug-likeness (QED) is 0.308. The van der Waals surface area contributed by atoms with Crippen molar-refractivity contribution in [1.29, 1.82) is 0 Å². The van der Waals surface area contributed by atoms with Gasteiger partial charge in [-0.3, -0.25) is 24.8 Å². The Hall–Kier alpha value is -4.42. The molecule has 0 radical (unpaired) electrons. The lowest BCUT2D eigenvalue weighted by atomic mass is 9.85. The summed E-state index contributed by atoms with van der Waals surface area (Å²) in [5, 5.41) is 9.01. The number of benzene rings is 2. The highest BCUT2D eigenvalue weighted by Gasteiger charge is 2.41. The van der Waals surface area contributed by atoms with E-state index >= 15 is 0 Å². The number of nitrogens with zero attached hydrogens (tertiary/aromatic N) is 2. The molecule has 9 nitrogen and oxygen atoms in total. The standard InChI is InChI=1S/C30H31N5O4/c1-3-14-35-15-12-20(13-16-35)26(27-29(37)34-30(38)33-27)32-28(36)21-8-10-23(11-9-21)39-18-22-17-19(2)31-25-7-5-4-6-24(22)25/h1,4-11,17,20,26-27H,12-16,18H2,2H3,(H,32,36)(H2,33,34,37,38). The van der Waals surface area contributed by atoms with Crippen molar-refractivity contribution in [2.75, 3.05) is 19.6 Å². The van der Waals surface area contributed by atoms with E-state index in [1.165, 1.54) is 0 Å². The average Bonchev–Trinajstić information content (AvgIpc) is 3.28. The van der Waals surface area contributed by atoms with Crippen LogP contribution in [0.4, 0.5) is 4.79 Å². The van der Waals surface area contributed by atoms with Crippen molar-refractivity contribution in [3.05, 3.63) is 71.4 Å². The molecule has 1 aromatic heterocycles. The molecule has 0 bridgehead atoms. The normalized spacial score (nSPS) is 18.7. The molecule has 200 valence electrons. The van der Waals surface area contributed by atoms with Crippen LogP contribution < -0.4 is 20.7 Å². The van der Waals surface area contributed by atoms with Crippen LogP contribution in [0, 0.1) is 25.2 Å². The Morgan fingerprint density at radius 3 is 2.62 bits per heavy atom. The van der Waals surface area contributed by atoms with E-state index < -0.39 is 24.0 Å². The van der Waals surface area contributed by atoms with Crippen molar-refractivity contribution in [3.8, 4) is 18.1 Å². The predicted molar refractivity (Wildman–Crippen MR) is 147 cm³/mol. The molecular formula is C30H31N5O4. The summed E-state index contributed by atoms with van der Waals surface area (Å²) in [7, 11) is 0. The second-order valence-corrected chi connectivity index (χ2v) is 10.0. The highest BCUT2D eigenvalue weighted by Crippen LogP contribution is 2.25. The molecule has 39 heavy (non-hydrogen) atoms. The number of urea groups is 1. The summed E-state index contributed by atoms with van der Waals surface area (Å²) < 4.78 is 6.02. The molecule has 3 aromatic rings. The summed E-state index contributed by atoms with van der Waals surface area (Å²) in [5.74, 6) is 2.55. The molecule has 9 heteroatoms. The molecule has 5 rings (SSSR count). The molecule has 2 aliphatic rings. The van der Waals surface area contributed by atoms with Crippen molar-refractivity contribution in [3.63, 3.8) is 0 Å². The van der Waals surface area contributed by atoms with Crippen LogP contribution in [0.1, 0.15) is 34.5 Å². The number of amides is 4. The molecule has 2 unspecified atom stereocenters. The zero-order chi connectivity index (χ0) is 27.4. The van der Waals surface area contributed by atoms with Gasteiger partial charge in [0.25, 0.3) is 11.8 Å². The first-order valence-electron chi connectivity index (χ1n) is 13.1. The molecule has 4 amide bonds. The third-order valence-electron chi connectivity index (χ3n) is 7.36. The SMILES string of the molecule is C#CCN1CCC(C(NC(=O)c2ccc(OCc3cc(C)nc4ccccc34)cc2)C2NC(=O)NC2=O)CC1. The first kappa shape index (κ1) is 26.2. The predicted octanol–water partition coefficient (Wildman–Crippen LogP) is 2.77. The Labute approximate surface area is 227 Å². The smallest absolute Gasteiger partial charge is 0.322 e. The molecule has 2 fully saturated rings. The number of fused-ring (bicyclic) bond motifs is 1. The lowest BCUT2D eigenvalue weighted by molar-refractivity contribution is -0.121. The molecule has 0 spiro atoms. The van der Waals surface area contributed by atoms with Gasteiger partial charge in [0, 0.05) is 22.2 Å². The number of terminal acetylenes is 1. The second-order valence-electron chi connectivity index (χ2n) is 10.0. The van der Waals surface area contributed by atoms with Gasteiger partial charge < -0.3 is 15.4 Å². The Bertz CT molecular complexity index is 1420. The van der Waals surface area contributed by atoms with E-state index in [9.17, 15) is 14.4 Å². The zero-order valence-electron chi connectivity index (χ0n) is 21.8. The maximum atomic E-state index is 13.2. The maximum absolute atomic E-state index is 13.2. The average molecular weight is 526 g/mol. The topological polar surface area (TPSA) is 113 Å². The number of para-hydroxylation sites is 1. The van der Waals surface area contributed by atoms with Crippen LogP contribution in [0.5, 0.6) is 5.75 Å². The monoisotopic (exact) mass is 525 g/mol. The molecule has 3 N–H and O–H groups in total. The fourth-order valence-electron chi connectivity index (χ4n) is 5.37. The number of carbonyl (C=O) groups is 3. The number of rotatable bonds is 8. The second kappa shape index (κ2) is 11.5. The zero-order valence-corrected chi connectivity index (χ0v) is 21.8. The van der Waals surface area contributed by atoms with Crippen LogP contribution in [0.2, 0.25) is 0 Å². The summed E-state index contributed by atoms with van der Waals surface area (Å²) in [6.07, 6.45) is 6.95. The van der Waals surface area contributed by atoms with E-state index in [2.05, 4.69) is 31.8 Å². The van der Waals surface area contributed by atoms with Crippen LogP contribution in [-0.2, 0) is 11.4 Å². The summed E-state index contributed by atoms with van der Waals surface area (Å²) in [6.45, 7) is 4.42. The molecule has 3 heterocycles. The van der Waals surface area contributed by atoms with Crippen molar-refractivity contribution in [2.45, 2.75) is 38.5 Å². The van der Waals surface area contributed by atoms with Gasteiger partial charge in [0.2, 0.25) is 0 Å². The van der Waals surface area contributed by atoms with Gasteiger partial charge in [-0.2, -0.15) is 0 Å². The number of nitrogens with one attached hydrogen (secondary N) is 3. The van der Waals surface area contributed by atoms with Gasteiger partial charge >= 0.3 is 6.03 Å². The van der Waals surface area contributed by atoms with E-state index in [0.717, 1.165) is 48.1 Å². The number of aryl methyl sites for hydroxylation is 1. The van der Waals surface area contributed by atoms with E-state index in [-0.39, 0.29) is 11.8 Å². The van der Waals surface area contributed by atoms with Crippen LogP contribution in [0.3, 0.4) is 0 Å². The van der Waals surface area contributed by atoms with Crippen LogP contribution >= 0.6 is 0 Å². The van der Waals surface area contributed by atoms with E-state index in [0.29, 0.717) is 24.5 Å². The number of carbonyl (C=O) groups excluding carboxylic acids is 3. The van der Waals surface area contributed by atoms with Gasteiger partial charge in [0.05, 0.1) is 18.1 Å². The summed E-state index contributed by atoms with van der Waals surface area (Å²) in [5.41, 5.74) is 3.31. The number of hydrogen-bond donors (Lipinski definition) is 3. The number of likely N-dealkylation sites (tertiary alicyclic amines) is 1. The van der Waals surface area contributed by atoms with Crippen LogP contribution in [-0.4, -0.2) is 59.4 Å². The molecule has 2 atom stereocenters. The molecule has 0 aliphatic carbocycles. The molecule has 2 aliphatic heterocycles. The third-order valence-corrected chi connectivity index (χ3v) is 7.36. The van der Waals surface area contributed by atoms with Crippen molar-refractivity contribution < 1.29 is 19.1 Å². The summed E-state index contributed by atoms with van der Waals surface area (Å²) >= 11 is 0. The minimum absolute atomic E-state index is 0.0124. The number of piperidine rings is 1. The first-order chi connectivity index (χ1) is 18.9. The summed E-state index contributed by atoms with van der Waals surface area (Å²) in [4.78, 5) is 44.3. The van der Waals surface area contributed by atoms with Gasteiger partial charge in [-0.1, -0.05) is 24.1 Å². The Kier molecular flexibility index (Phi) is 7.75. The van der Waals surface area contributed by atoms with Gasteiger partial charge in [-0.25, -0.2) is 4.79 Å². The number of ether oxygens (including phenoxy) is 1. The Morgan fingerprint density at radius 1 is 1.18 bits per heavy atom. The van der Waals surface area contributed by atoms with Crippen LogP contribution in [0.25, 0.3) is 10.9 Å². The molecule has 2 saturated heterocycles. The lowest BCUT2D eigenvalue weighted by Gasteiger charge is -2.37. The minimum Gasteiger partial charge on any atom is -0.489 e. The fourth-order valence-corrected chi connectivity index (χ4v) is 5.37. The molecule has 0 saturated carbocycles. The number of pyridine rings is 1. The van der Waals surface area contributed by atoms with Gasteiger partial charge in [0.15, 0.2) is 0 Å². The Balaban J connectivity index is 1.26. The number of aromatic nitrogens is 1. The maximum Gasteiger partial charge on any atom is 0.322 e. The van der Waals surface area contributed by atoms with Gasteiger partial charge in [-0.15, -0.1) is 6.42 Å². The highest BCUT2D eigenvalue weighted by atomic mass is 16.5. The van der Waals surface area contributed by atoms with Crippen molar-refractivity contribution >= 4 is 28.7 Å². The molecular weight excluding hydrogens is 494 g/mol. The van der Waals surface area contributed by atoms with Gasteiger partial charge in [-0.05, 0) is 75.2 Å². The minimum atomic E-state index is -0.827. The number of hydrogen-bond acceptors (Lipinski definition) is 6. The Morgan fingerprint density at radius 2 is 1.92 bits per heavy atom.